The minimum atomic E-state index is -0.272. The Bertz CT molecular complexity index is 1550. The van der Waals surface area contributed by atoms with E-state index in [-0.39, 0.29) is 11.5 Å². The summed E-state index contributed by atoms with van der Waals surface area (Å²) in [7, 11) is 0. The highest BCUT2D eigenvalue weighted by molar-refractivity contribution is 7.22. The summed E-state index contributed by atoms with van der Waals surface area (Å²) in [5.41, 5.74) is 2.43. The zero-order valence-electron chi connectivity index (χ0n) is 18.0. The third-order valence-corrected chi connectivity index (χ3v) is 6.16. The smallest absolute Gasteiger partial charge is 0.265 e. The van der Waals surface area contributed by atoms with Crippen LogP contribution in [0.25, 0.3) is 26.8 Å². The summed E-state index contributed by atoms with van der Waals surface area (Å²) in [6.45, 7) is 4.31. The molecule has 5 rings (SSSR count). The molecular formula is C25H20N4O3S. The van der Waals surface area contributed by atoms with Crippen molar-refractivity contribution in [2.75, 3.05) is 11.9 Å². The van der Waals surface area contributed by atoms with Crippen molar-refractivity contribution in [2.24, 2.45) is 0 Å². The highest BCUT2D eigenvalue weighted by Crippen LogP contribution is 2.29. The van der Waals surface area contributed by atoms with E-state index < -0.39 is 0 Å². The van der Waals surface area contributed by atoms with E-state index in [1.165, 1.54) is 11.3 Å². The molecule has 7 nitrogen and oxygen atoms in total. The molecule has 0 radical (unpaired) electrons. The lowest BCUT2D eigenvalue weighted by molar-refractivity contribution is 0.102. The van der Waals surface area contributed by atoms with Crippen LogP contribution in [-0.4, -0.2) is 27.0 Å². The van der Waals surface area contributed by atoms with Gasteiger partial charge < -0.3 is 4.74 Å². The molecule has 0 atom stereocenters. The van der Waals surface area contributed by atoms with Crippen LogP contribution < -0.4 is 15.6 Å². The van der Waals surface area contributed by atoms with Crippen LogP contribution in [0.5, 0.6) is 5.75 Å². The van der Waals surface area contributed by atoms with Gasteiger partial charge in [0.1, 0.15) is 11.6 Å². The van der Waals surface area contributed by atoms with Gasteiger partial charge in [-0.2, -0.15) is 0 Å². The first-order valence-corrected chi connectivity index (χ1v) is 11.3. The summed E-state index contributed by atoms with van der Waals surface area (Å²) in [6.07, 6.45) is 0. The number of nitrogens with zero attached hydrogens (tertiary/aromatic N) is 3. The maximum absolute atomic E-state index is 13.0. The predicted molar refractivity (Wildman–Crippen MR) is 131 cm³/mol. The number of aryl methyl sites for hydroxylation is 1. The molecule has 0 aliphatic rings. The molecule has 3 aromatic carbocycles. The van der Waals surface area contributed by atoms with E-state index in [1.807, 2.05) is 43.3 Å². The van der Waals surface area contributed by atoms with Crippen LogP contribution in [0.15, 0.2) is 71.5 Å². The summed E-state index contributed by atoms with van der Waals surface area (Å²) < 4.78 is 8.01. The van der Waals surface area contributed by atoms with Crippen LogP contribution >= 0.6 is 11.3 Å². The van der Waals surface area contributed by atoms with Crippen LogP contribution in [0.4, 0.5) is 5.13 Å². The number of thiazole rings is 1. The first kappa shape index (κ1) is 20.8. The molecule has 164 valence electrons. The normalized spacial score (nSPS) is 11.1. The Morgan fingerprint density at radius 1 is 1.03 bits per heavy atom. The predicted octanol–water partition coefficient (Wildman–Crippen LogP) is 4.95. The number of nitrogens with one attached hydrogen (secondary N) is 1. The van der Waals surface area contributed by atoms with Gasteiger partial charge >= 0.3 is 0 Å². The van der Waals surface area contributed by atoms with Gasteiger partial charge in [0.2, 0.25) is 0 Å². The second-order valence-corrected chi connectivity index (χ2v) is 8.43. The van der Waals surface area contributed by atoms with Gasteiger partial charge in [-0.25, -0.2) is 9.97 Å². The van der Waals surface area contributed by atoms with Crippen LogP contribution in [0.3, 0.4) is 0 Å². The molecule has 2 aromatic heterocycles. The number of ether oxygens (including phenoxy) is 1. The molecule has 2 heterocycles. The second kappa shape index (κ2) is 8.48. The van der Waals surface area contributed by atoms with E-state index in [0.717, 1.165) is 16.0 Å². The Hall–Kier alpha value is -4.04. The van der Waals surface area contributed by atoms with Gasteiger partial charge in [-0.15, -0.1) is 0 Å². The summed E-state index contributed by atoms with van der Waals surface area (Å²) in [5.74, 6) is 1.08. The molecule has 0 fully saturated rings. The highest BCUT2D eigenvalue weighted by Gasteiger charge is 2.13. The van der Waals surface area contributed by atoms with Crippen molar-refractivity contribution in [3.05, 3.63) is 88.5 Å². The van der Waals surface area contributed by atoms with E-state index in [2.05, 4.69) is 15.3 Å². The molecule has 1 N–H and O–H groups in total. The van der Waals surface area contributed by atoms with Gasteiger partial charge in [0.15, 0.2) is 5.13 Å². The van der Waals surface area contributed by atoms with Crippen LogP contribution in [0.2, 0.25) is 0 Å². The lowest BCUT2D eigenvalue weighted by Gasteiger charge is -2.11. The molecule has 0 aliphatic heterocycles. The Kier molecular flexibility index (Phi) is 5.35. The van der Waals surface area contributed by atoms with Gasteiger partial charge in [-0.05, 0) is 68.4 Å². The summed E-state index contributed by atoms with van der Waals surface area (Å²) >= 11 is 1.39. The lowest BCUT2D eigenvalue weighted by atomic mass is 10.2. The maximum Gasteiger partial charge on any atom is 0.265 e. The summed E-state index contributed by atoms with van der Waals surface area (Å²) in [5, 5.41) is 3.91. The van der Waals surface area contributed by atoms with Crippen molar-refractivity contribution >= 4 is 43.5 Å². The fraction of sp³-hybridized carbons (Fsp3) is 0.120. The van der Waals surface area contributed by atoms with Gasteiger partial charge in [0.05, 0.1) is 33.4 Å². The topological polar surface area (TPSA) is 86.1 Å². The standard InChI is InChI=1S/C25H20N4O3S/c1-3-32-18-12-13-21-22(14-18)33-25(27-21)28-23(30)16-8-10-17(11-9-16)29-15(2)26-20-7-5-4-6-19(20)24(29)31/h4-14H,3H2,1-2H3,(H,27,28,30). The molecule has 0 saturated carbocycles. The second-order valence-electron chi connectivity index (χ2n) is 7.40. The molecule has 33 heavy (non-hydrogen) atoms. The fourth-order valence-electron chi connectivity index (χ4n) is 3.69. The number of carbonyl (C=O) groups excluding carboxylic acids is 1. The Labute approximate surface area is 193 Å². The van der Waals surface area contributed by atoms with Crippen molar-refractivity contribution in [1.29, 1.82) is 0 Å². The number of benzene rings is 3. The highest BCUT2D eigenvalue weighted by atomic mass is 32.1. The van der Waals surface area contributed by atoms with E-state index in [0.29, 0.717) is 39.7 Å². The number of aromatic nitrogens is 3. The number of anilines is 1. The minimum Gasteiger partial charge on any atom is -0.494 e. The van der Waals surface area contributed by atoms with Gasteiger partial charge in [-0.1, -0.05) is 23.5 Å². The van der Waals surface area contributed by atoms with Crippen molar-refractivity contribution < 1.29 is 9.53 Å². The van der Waals surface area contributed by atoms with Crippen molar-refractivity contribution in [3.8, 4) is 11.4 Å². The van der Waals surface area contributed by atoms with Crippen LogP contribution in [-0.2, 0) is 0 Å². The lowest BCUT2D eigenvalue weighted by Crippen LogP contribution is -2.22. The largest absolute Gasteiger partial charge is 0.494 e. The number of fused-ring (bicyclic) bond motifs is 2. The van der Waals surface area contributed by atoms with E-state index in [1.54, 1.807) is 41.8 Å². The molecule has 0 bridgehead atoms. The molecule has 0 aliphatic carbocycles. The van der Waals surface area contributed by atoms with Crippen molar-refractivity contribution in [1.82, 2.24) is 14.5 Å². The third-order valence-electron chi connectivity index (χ3n) is 5.22. The third kappa shape index (κ3) is 3.96. The molecule has 1 amide bonds. The van der Waals surface area contributed by atoms with Crippen molar-refractivity contribution in [3.63, 3.8) is 0 Å². The maximum atomic E-state index is 13.0. The number of rotatable bonds is 5. The SMILES string of the molecule is CCOc1ccc2nc(NC(=O)c3ccc(-n4c(C)nc5ccccc5c4=O)cc3)sc2c1. The number of amides is 1. The Morgan fingerprint density at radius 3 is 2.61 bits per heavy atom. The molecule has 0 saturated heterocycles. The minimum absolute atomic E-state index is 0.142. The number of carbonyl (C=O) groups is 1. The first-order chi connectivity index (χ1) is 16.0. The van der Waals surface area contributed by atoms with E-state index in [4.69, 9.17) is 4.74 Å². The number of para-hydroxylation sites is 1. The molecule has 5 aromatic rings. The summed E-state index contributed by atoms with van der Waals surface area (Å²) in [6, 6.07) is 19.8. The van der Waals surface area contributed by atoms with Crippen molar-refractivity contribution in [2.45, 2.75) is 13.8 Å². The number of hydrogen-bond acceptors (Lipinski definition) is 6. The monoisotopic (exact) mass is 456 g/mol. The average Bonchev–Trinajstić information content (AvgIpc) is 3.21. The molecule has 0 spiro atoms. The van der Waals surface area contributed by atoms with Crippen LogP contribution in [0, 0.1) is 6.92 Å². The van der Waals surface area contributed by atoms with Crippen LogP contribution in [0.1, 0.15) is 23.1 Å². The number of hydrogen-bond donors (Lipinski definition) is 1. The Morgan fingerprint density at radius 2 is 1.82 bits per heavy atom. The Balaban J connectivity index is 1.40. The molecule has 0 unspecified atom stereocenters. The quantitative estimate of drug-likeness (QED) is 0.404. The van der Waals surface area contributed by atoms with E-state index >= 15 is 0 Å². The first-order valence-electron chi connectivity index (χ1n) is 10.5. The summed E-state index contributed by atoms with van der Waals surface area (Å²) in [4.78, 5) is 34.8. The average molecular weight is 457 g/mol. The van der Waals surface area contributed by atoms with Gasteiger partial charge in [-0.3, -0.25) is 19.5 Å². The fourth-order valence-corrected chi connectivity index (χ4v) is 4.58. The molecular weight excluding hydrogens is 436 g/mol. The van der Waals surface area contributed by atoms with E-state index in [9.17, 15) is 9.59 Å². The zero-order chi connectivity index (χ0) is 22.9. The van der Waals surface area contributed by atoms with Gasteiger partial charge in [0.25, 0.3) is 11.5 Å². The molecule has 8 heteroatoms. The van der Waals surface area contributed by atoms with Gasteiger partial charge in [0, 0.05) is 5.56 Å². The zero-order valence-corrected chi connectivity index (χ0v) is 18.8.